The fraction of sp³-hybridized carbons (Fsp3) is 0.500. The molecule has 1 N–H and O–H groups in total. The first-order valence-corrected chi connectivity index (χ1v) is 10.5. The van der Waals surface area contributed by atoms with Crippen LogP contribution in [0.15, 0.2) is 24.3 Å². The number of hydrogen-bond donors (Lipinski definition) is 1. The Kier molecular flexibility index (Phi) is 6.61. The highest BCUT2D eigenvalue weighted by atomic mass is 32.1. The van der Waals surface area contributed by atoms with Crippen LogP contribution in [0.25, 0.3) is 0 Å². The van der Waals surface area contributed by atoms with E-state index in [9.17, 15) is 9.59 Å². The van der Waals surface area contributed by atoms with Crippen molar-refractivity contribution in [3.63, 3.8) is 0 Å². The third-order valence-corrected chi connectivity index (χ3v) is 5.84. The lowest BCUT2D eigenvalue weighted by molar-refractivity contribution is -0.122. The van der Waals surface area contributed by atoms with Gasteiger partial charge in [-0.15, -0.1) is 10.2 Å². The highest BCUT2D eigenvalue weighted by Crippen LogP contribution is 2.29. The molecule has 1 aliphatic rings. The maximum atomic E-state index is 12.6. The Hall–Kier alpha value is -2.48. The van der Waals surface area contributed by atoms with Crippen LogP contribution in [0.4, 0.5) is 10.8 Å². The second kappa shape index (κ2) is 9.14. The Morgan fingerprint density at radius 3 is 2.75 bits per heavy atom. The van der Waals surface area contributed by atoms with Crippen LogP contribution in [-0.4, -0.2) is 35.2 Å². The zero-order valence-corrected chi connectivity index (χ0v) is 17.3. The lowest BCUT2D eigenvalue weighted by Crippen LogP contribution is -2.28. The molecule has 0 spiro atoms. The number of ether oxygens (including phenoxy) is 1. The van der Waals surface area contributed by atoms with Crippen molar-refractivity contribution in [1.82, 2.24) is 10.2 Å². The number of benzene rings is 1. The van der Waals surface area contributed by atoms with Crippen LogP contribution in [0.2, 0.25) is 0 Å². The predicted octanol–water partition coefficient (Wildman–Crippen LogP) is 3.83. The Balaban J connectivity index is 1.60. The minimum Gasteiger partial charge on any atom is -0.494 e. The summed E-state index contributed by atoms with van der Waals surface area (Å²) in [5, 5.41) is 12.5. The lowest BCUT2D eigenvalue weighted by atomic mass is 10.1. The molecule has 2 amide bonds. The van der Waals surface area contributed by atoms with Crippen molar-refractivity contribution in [2.24, 2.45) is 5.92 Å². The number of hydrogen-bond acceptors (Lipinski definition) is 6. The average molecular weight is 403 g/mol. The molecular weight excluding hydrogens is 376 g/mol. The van der Waals surface area contributed by atoms with Crippen molar-refractivity contribution in [2.75, 3.05) is 23.4 Å². The summed E-state index contributed by atoms with van der Waals surface area (Å²) >= 11 is 1.41. The van der Waals surface area contributed by atoms with Crippen molar-refractivity contribution in [2.45, 2.75) is 46.0 Å². The minimum atomic E-state index is -0.403. The highest BCUT2D eigenvalue weighted by Gasteiger charge is 2.35. The van der Waals surface area contributed by atoms with Crippen LogP contribution in [0, 0.1) is 5.92 Å². The number of anilines is 2. The topological polar surface area (TPSA) is 84.4 Å². The zero-order valence-electron chi connectivity index (χ0n) is 16.5. The van der Waals surface area contributed by atoms with E-state index >= 15 is 0 Å². The molecule has 1 fully saturated rings. The largest absolute Gasteiger partial charge is 0.494 e. The summed E-state index contributed by atoms with van der Waals surface area (Å²) in [6.45, 7) is 7.12. The Morgan fingerprint density at radius 2 is 2.07 bits per heavy atom. The van der Waals surface area contributed by atoms with Crippen LogP contribution in [0.1, 0.15) is 51.0 Å². The summed E-state index contributed by atoms with van der Waals surface area (Å²) in [5.74, 6) is 0.443. The quantitative estimate of drug-likeness (QED) is 0.725. The SMILES string of the molecule is CCC[C@@H](C)c1nnc(NC(=O)[C@@H]2CC(=O)N(c3ccc(OCC)cc3)C2)s1. The molecule has 3 rings (SSSR count). The zero-order chi connectivity index (χ0) is 20.1. The van der Waals surface area contributed by atoms with Gasteiger partial charge in [0.25, 0.3) is 0 Å². The van der Waals surface area contributed by atoms with Crippen LogP contribution in [0.3, 0.4) is 0 Å². The van der Waals surface area contributed by atoms with E-state index in [1.54, 1.807) is 4.90 Å². The summed E-state index contributed by atoms with van der Waals surface area (Å²) in [5.41, 5.74) is 0.773. The molecule has 1 aromatic carbocycles. The number of carbonyl (C=O) groups excluding carboxylic acids is 2. The maximum Gasteiger partial charge on any atom is 0.231 e. The summed E-state index contributed by atoms with van der Waals surface area (Å²) in [6.07, 6.45) is 2.31. The molecule has 2 aromatic rings. The van der Waals surface area contributed by atoms with E-state index in [0.717, 1.165) is 29.3 Å². The Morgan fingerprint density at radius 1 is 1.32 bits per heavy atom. The van der Waals surface area contributed by atoms with Crippen LogP contribution >= 0.6 is 11.3 Å². The molecule has 2 atom stereocenters. The van der Waals surface area contributed by atoms with E-state index in [0.29, 0.717) is 24.2 Å². The van der Waals surface area contributed by atoms with Crippen LogP contribution in [0.5, 0.6) is 5.75 Å². The van der Waals surface area contributed by atoms with Gasteiger partial charge in [-0.05, 0) is 37.6 Å². The molecule has 0 saturated carbocycles. The molecule has 150 valence electrons. The first-order chi connectivity index (χ1) is 13.5. The molecule has 28 heavy (non-hydrogen) atoms. The van der Waals surface area contributed by atoms with Crippen molar-refractivity contribution in [1.29, 1.82) is 0 Å². The van der Waals surface area contributed by atoms with Gasteiger partial charge in [-0.1, -0.05) is 31.6 Å². The van der Waals surface area contributed by atoms with E-state index in [4.69, 9.17) is 4.74 Å². The highest BCUT2D eigenvalue weighted by molar-refractivity contribution is 7.15. The normalized spacial score (nSPS) is 17.6. The van der Waals surface area contributed by atoms with Gasteiger partial charge in [0.05, 0.1) is 12.5 Å². The molecule has 1 saturated heterocycles. The fourth-order valence-electron chi connectivity index (χ4n) is 3.27. The lowest BCUT2D eigenvalue weighted by Gasteiger charge is -2.17. The number of aromatic nitrogens is 2. The molecule has 0 radical (unpaired) electrons. The van der Waals surface area contributed by atoms with Gasteiger partial charge in [0.2, 0.25) is 16.9 Å². The number of nitrogens with zero attached hydrogens (tertiary/aromatic N) is 3. The van der Waals surface area contributed by atoms with Gasteiger partial charge < -0.3 is 15.0 Å². The van der Waals surface area contributed by atoms with Crippen molar-refractivity contribution in [3.8, 4) is 5.75 Å². The molecule has 0 unspecified atom stereocenters. The monoisotopic (exact) mass is 402 g/mol. The smallest absolute Gasteiger partial charge is 0.231 e. The molecule has 7 nitrogen and oxygen atoms in total. The van der Waals surface area contributed by atoms with Crippen LogP contribution < -0.4 is 15.0 Å². The van der Waals surface area contributed by atoms with Gasteiger partial charge in [0.15, 0.2) is 0 Å². The van der Waals surface area contributed by atoms with Crippen molar-refractivity contribution in [3.05, 3.63) is 29.3 Å². The van der Waals surface area contributed by atoms with Gasteiger partial charge in [-0.2, -0.15) is 0 Å². The molecule has 1 aromatic heterocycles. The molecule has 0 bridgehead atoms. The predicted molar refractivity (Wildman–Crippen MR) is 110 cm³/mol. The summed E-state index contributed by atoms with van der Waals surface area (Å²) in [7, 11) is 0. The van der Waals surface area contributed by atoms with E-state index in [2.05, 4.69) is 29.4 Å². The van der Waals surface area contributed by atoms with Gasteiger partial charge in [-0.3, -0.25) is 9.59 Å². The first-order valence-electron chi connectivity index (χ1n) is 9.69. The number of rotatable bonds is 8. The summed E-state index contributed by atoms with van der Waals surface area (Å²) < 4.78 is 5.43. The van der Waals surface area contributed by atoms with Crippen molar-refractivity contribution < 1.29 is 14.3 Å². The fourth-order valence-corrected chi connectivity index (χ4v) is 4.10. The third-order valence-electron chi connectivity index (χ3n) is 4.77. The summed E-state index contributed by atoms with van der Waals surface area (Å²) in [4.78, 5) is 26.7. The number of nitrogens with one attached hydrogen (secondary N) is 1. The van der Waals surface area contributed by atoms with Crippen molar-refractivity contribution >= 4 is 34.0 Å². The molecule has 1 aliphatic heterocycles. The second-order valence-corrected chi connectivity index (χ2v) is 7.97. The standard InChI is InChI=1S/C20H26N4O3S/c1-4-6-13(3)19-22-23-20(28-19)21-18(26)14-11-17(25)24(12-14)15-7-9-16(10-8-15)27-5-2/h7-10,13-14H,4-6,11-12H2,1-3H3,(H,21,23,26)/t13-,14-/m1/s1. The van der Waals surface area contributed by atoms with E-state index in [1.165, 1.54) is 11.3 Å². The Bertz CT molecular complexity index is 821. The average Bonchev–Trinajstić information content (AvgIpc) is 3.30. The van der Waals surface area contributed by atoms with Crippen LogP contribution in [-0.2, 0) is 9.59 Å². The summed E-state index contributed by atoms with van der Waals surface area (Å²) in [6, 6.07) is 7.35. The minimum absolute atomic E-state index is 0.0566. The van der Waals surface area contributed by atoms with E-state index in [1.807, 2.05) is 31.2 Å². The second-order valence-electron chi connectivity index (χ2n) is 6.96. The van der Waals surface area contributed by atoms with Gasteiger partial charge >= 0.3 is 0 Å². The van der Waals surface area contributed by atoms with Gasteiger partial charge in [-0.25, -0.2) is 0 Å². The molecular formula is C20H26N4O3S. The van der Waals surface area contributed by atoms with Gasteiger partial charge in [0, 0.05) is 24.6 Å². The van der Waals surface area contributed by atoms with Gasteiger partial charge in [0.1, 0.15) is 10.8 Å². The molecule has 8 heteroatoms. The molecule has 2 heterocycles. The third kappa shape index (κ3) is 4.67. The number of carbonyl (C=O) groups is 2. The van der Waals surface area contributed by atoms with E-state index in [-0.39, 0.29) is 18.2 Å². The Labute approximate surface area is 169 Å². The number of amides is 2. The maximum absolute atomic E-state index is 12.6. The van der Waals surface area contributed by atoms with E-state index < -0.39 is 5.92 Å². The first kappa shape index (κ1) is 20.3. The molecule has 0 aliphatic carbocycles.